The van der Waals surface area contributed by atoms with Crippen molar-refractivity contribution in [1.29, 1.82) is 0 Å². The fraction of sp³-hybridized carbons (Fsp3) is 0.368. The lowest BCUT2D eigenvalue weighted by Gasteiger charge is -2.21. The molecule has 2 aromatic carbocycles. The molecule has 0 amide bonds. The van der Waals surface area contributed by atoms with Gasteiger partial charge >= 0.3 is 0 Å². The van der Waals surface area contributed by atoms with Gasteiger partial charge in [-0.3, -0.25) is 0 Å². The molecule has 0 spiro atoms. The summed E-state index contributed by atoms with van der Waals surface area (Å²) in [6.07, 6.45) is 0.00505. The third-order valence-electron chi connectivity index (χ3n) is 3.76. The van der Waals surface area contributed by atoms with Crippen molar-refractivity contribution in [3.63, 3.8) is 0 Å². The van der Waals surface area contributed by atoms with Crippen molar-refractivity contribution in [3.05, 3.63) is 70.8 Å². The number of likely N-dealkylation sites (N-methyl/N-ethyl adjacent to an activating group) is 1. The average Bonchev–Trinajstić information content (AvgIpc) is 2.47. The summed E-state index contributed by atoms with van der Waals surface area (Å²) >= 11 is 0. The first-order chi connectivity index (χ1) is 10.1. The average molecular weight is 283 g/mol. The Balaban J connectivity index is 2.24. The van der Waals surface area contributed by atoms with Gasteiger partial charge in [0.05, 0.1) is 6.61 Å². The van der Waals surface area contributed by atoms with E-state index in [4.69, 9.17) is 4.74 Å². The molecule has 0 aliphatic carbocycles. The normalized spacial score (nSPS) is 12.6. The van der Waals surface area contributed by atoms with Crippen molar-refractivity contribution >= 4 is 0 Å². The number of nitrogens with zero attached hydrogens (tertiary/aromatic N) is 1. The standard InChI is InChI=1S/C19H25NO/c1-15-10-11-18(14-16(15)2)19(21-13-12-20(3)4)17-8-6-5-7-9-17/h5-11,14,19H,12-13H2,1-4H3/t19-/m0/s1. The molecule has 0 aromatic heterocycles. The third kappa shape index (κ3) is 4.42. The molecule has 0 saturated carbocycles. The number of hydrogen-bond donors (Lipinski definition) is 0. The van der Waals surface area contributed by atoms with Crippen LogP contribution >= 0.6 is 0 Å². The number of ether oxygens (including phenoxy) is 1. The van der Waals surface area contributed by atoms with Crippen molar-refractivity contribution < 1.29 is 4.74 Å². The lowest BCUT2D eigenvalue weighted by atomic mass is 9.98. The molecule has 0 unspecified atom stereocenters. The molecule has 2 nitrogen and oxygen atoms in total. The first-order valence-electron chi connectivity index (χ1n) is 7.46. The lowest BCUT2D eigenvalue weighted by molar-refractivity contribution is 0.0687. The Hall–Kier alpha value is -1.64. The molecule has 2 rings (SSSR count). The van der Waals surface area contributed by atoms with Gasteiger partial charge in [0.25, 0.3) is 0 Å². The molecule has 21 heavy (non-hydrogen) atoms. The molecule has 1 atom stereocenters. The zero-order chi connectivity index (χ0) is 15.2. The second-order valence-corrected chi connectivity index (χ2v) is 5.81. The van der Waals surface area contributed by atoms with Crippen molar-refractivity contribution in [2.24, 2.45) is 0 Å². The van der Waals surface area contributed by atoms with Gasteiger partial charge in [0, 0.05) is 6.54 Å². The number of aryl methyl sites for hydroxylation is 2. The fourth-order valence-corrected chi connectivity index (χ4v) is 2.29. The third-order valence-corrected chi connectivity index (χ3v) is 3.76. The summed E-state index contributed by atoms with van der Waals surface area (Å²) in [7, 11) is 4.13. The molecular weight excluding hydrogens is 258 g/mol. The zero-order valence-electron chi connectivity index (χ0n) is 13.5. The summed E-state index contributed by atoms with van der Waals surface area (Å²) in [5.74, 6) is 0. The molecule has 0 aliphatic heterocycles. The monoisotopic (exact) mass is 283 g/mol. The molecule has 2 heteroatoms. The van der Waals surface area contributed by atoms with Crippen LogP contribution < -0.4 is 0 Å². The molecule has 2 aromatic rings. The van der Waals surface area contributed by atoms with Crippen LogP contribution in [0.1, 0.15) is 28.4 Å². The minimum absolute atomic E-state index is 0.00505. The van der Waals surface area contributed by atoms with Crippen LogP contribution in [0.4, 0.5) is 0 Å². The first-order valence-corrected chi connectivity index (χ1v) is 7.46. The van der Waals surface area contributed by atoms with Crippen LogP contribution in [0.15, 0.2) is 48.5 Å². The Labute approximate surface area is 128 Å². The topological polar surface area (TPSA) is 12.5 Å². The highest BCUT2D eigenvalue weighted by molar-refractivity contribution is 5.36. The molecule has 0 bridgehead atoms. The van der Waals surface area contributed by atoms with Crippen LogP contribution in [-0.2, 0) is 4.74 Å². The van der Waals surface area contributed by atoms with E-state index in [1.165, 1.54) is 22.3 Å². The first kappa shape index (κ1) is 15.7. The van der Waals surface area contributed by atoms with Gasteiger partial charge in [-0.2, -0.15) is 0 Å². The molecule has 0 N–H and O–H groups in total. The molecule has 0 aliphatic rings. The van der Waals surface area contributed by atoms with E-state index in [0.717, 1.165) is 13.2 Å². The van der Waals surface area contributed by atoms with Crippen molar-refractivity contribution in [3.8, 4) is 0 Å². The Morgan fingerprint density at radius 2 is 1.62 bits per heavy atom. The van der Waals surface area contributed by atoms with Gasteiger partial charge in [-0.05, 0) is 50.2 Å². The highest BCUT2D eigenvalue weighted by Gasteiger charge is 2.15. The maximum atomic E-state index is 6.18. The van der Waals surface area contributed by atoms with Crippen LogP contribution in [0, 0.1) is 13.8 Å². The molecule has 0 heterocycles. The van der Waals surface area contributed by atoms with Gasteiger partial charge in [-0.15, -0.1) is 0 Å². The van der Waals surface area contributed by atoms with Crippen LogP contribution in [0.2, 0.25) is 0 Å². The minimum Gasteiger partial charge on any atom is -0.367 e. The number of hydrogen-bond acceptors (Lipinski definition) is 2. The summed E-state index contributed by atoms with van der Waals surface area (Å²) < 4.78 is 6.18. The molecule has 0 saturated heterocycles. The lowest BCUT2D eigenvalue weighted by Crippen LogP contribution is -2.20. The smallest absolute Gasteiger partial charge is 0.108 e. The Morgan fingerprint density at radius 3 is 2.24 bits per heavy atom. The van der Waals surface area contributed by atoms with Gasteiger partial charge in [0.2, 0.25) is 0 Å². The minimum atomic E-state index is 0.00505. The summed E-state index contributed by atoms with van der Waals surface area (Å²) in [6.45, 7) is 5.94. The zero-order valence-corrected chi connectivity index (χ0v) is 13.5. The molecule has 112 valence electrons. The molecule has 0 fully saturated rings. The van der Waals surface area contributed by atoms with Gasteiger partial charge < -0.3 is 9.64 Å². The number of benzene rings is 2. The van der Waals surface area contributed by atoms with Gasteiger partial charge in [-0.25, -0.2) is 0 Å². The van der Waals surface area contributed by atoms with Crippen molar-refractivity contribution in [2.75, 3.05) is 27.2 Å². The Bertz CT molecular complexity index is 563. The van der Waals surface area contributed by atoms with Crippen LogP contribution in [-0.4, -0.2) is 32.1 Å². The second kappa shape index (κ2) is 7.39. The second-order valence-electron chi connectivity index (χ2n) is 5.81. The number of rotatable bonds is 6. The van der Waals surface area contributed by atoms with E-state index in [1.54, 1.807) is 0 Å². The van der Waals surface area contributed by atoms with Crippen LogP contribution in [0.3, 0.4) is 0 Å². The quantitative estimate of drug-likeness (QED) is 0.795. The highest BCUT2D eigenvalue weighted by atomic mass is 16.5. The predicted octanol–water partition coefficient (Wildman–Crippen LogP) is 3.97. The van der Waals surface area contributed by atoms with Crippen molar-refractivity contribution in [2.45, 2.75) is 20.0 Å². The molecular formula is C19H25NO. The Morgan fingerprint density at radius 1 is 0.905 bits per heavy atom. The van der Waals surface area contributed by atoms with E-state index in [1.807, 2.05) is 6.07 Å². The highest BCUT2D eigenvalue weighted by Crippen LogP contribution is 2.27. The van der Waals surface area contributed by atoms with E-state index >= 15 is 0 Å². The van der Waals surface area contributed by atoms with E-state index in [2.05, 4.69) is 75.3 Å². The predicted molar refractivity (Wildman–Crippen MR) is 88.7 cm³/mol. The SMILES string of the molecule is Cc1ccc([C@@H](OCCN(C)C)c2ccccc2)cc1C. The maximum Gasteiger partial charge on any atom is 0.108 e. The van der Waals surface area contributed by atoms with Gasteiger partial charge in [0.15, 0.2) is 0 Å². The summed E-state index contributed by atoms with van der Waals surface area (Å²) in [5, 5.41) is 0. The van der Waals surface area contributed by atoms with Gasteiger partial charge in [0.1, 0.15) is 6.10 Å². The van der Waals surface area contributed by atoms with Crippen LogP contribution in [0.5, 0.6) is 0 Å². The van der Waals surface area contributed by atoms with Crippen molar-refractivity contribution in [1.82, 2.24) is 4.90 Å². The maximum absolute atomic E-state index is 6.18. The van der Waals surface area contributed by atoms with E-state index in [0.29, 0.717) is 0 Å². The van der Waals surface area contributed by atoms with E-state index < -0.39 is 0 Å². The van der Waals surface area contributed by atoms with E-state index in [-0.39, 0.29) is 6.10 Å². The van der Waals surface area contributed by atoms with Gasteiger partial charge in [-0.1, -0.05) is 48.5 Å². The van der Waals surface area contributed by atoms with Crippen LogP contribution in [0.25, 0.3) is 0 Å². The largest absolute Gasteiger partial charge is 0.367 e. The van der Waals surface area contributed by atoms with E-state index in [9.17, 15) is 0 Å². The summed E-state index contributed by atoms with van der Waals surface area (Å²) in [5.41, 5.74) is 5.06. The fourth-order valence-electron chi connectivity index (χ4n) is 2.29. The Kier molecular flexibility index (Phi) is 5.54. The molecule has 0 radical (unpaired) electrons. The summed E-state index contributed by atoms with van der Waals surface area (Å²) in [6, 6.07) is 17.0. The summed E-state index contributed by atoms with van der Waals surface area (Å²) in [4.78, 5) is 2.14.